The van der Waals surface area contributed by atoms with Crippen molar-refractivity contribution < 1.29 is 4.79 Å². The number of hydrogen-bond acceptors (Lipinski definition) is 5. The number of likely N-dealkylation sites (tertiary alicyclic amines) is 2. The summed E-state index contributed by atoms with van der Waals surface area (Å²) in [5.41, 5.74) is 2.29. The lowest BCUT2D eigenvalue weighted by Gasteiger charge is -2.26. The molecule has 6 heteroatoms. The summed E-state index contributed by atoms with van der Waals surface area (Å²) in [6.07, 6.45) is 5.88. The van der Waals surface area contributed by atoms with Gasteiger partial charge in [0.1, 0.15) is 12.1 Å². The predicted molar refractivity (Wildman–Crippen MR) is 102 cm³/mol. The molecule has 0 N–H and O–H groups in total. The van der Waals surface area contributed by atoms with Crippen LogP contribution in [0.3, 0.4) is 0 Å². The highest BCUT2D eigenvalue weighted by Gasteiger charge is 2.40. The number of hydrogen-bond donors (Lipinski definition) is 0. The molecular weight excluding hydrogens is 326 g/mol. The molecule has 1 amide bonds. The molecule has 3 saturated heterocycles. The molecule has 1 aromatic heterocycles. The highest BCUT2D eigenvalue weighted by atomic mass is 16.2. The standard InChI is InChI=1S/C20H31N5O/c1-15-16(2)21-14-22-20(15)25-12-17-10-23(11-18(17)13-25)8-9-24-7-5-3-4-6-19(24)26/h14,17-18H,3-13H2,1-2H3. The number of aryl methyl sites for hydroxylation is 1. The number of amides is 1. The Labute approximate surface area is 156 Å². The SMILES string of the molecule is Cc1ncnc(N2CC3CN(CCN4CCCCCC4=O)CC3C2)c1C. The normalized spacial score (nSPS) is 27.1. The second-order valence-electron chi connectivity index (χ2n) is 8.28. The summed E-state index contributed by atoms with van der Waals surface area (Å²) < 4.78 is 0. The summed E-state index contributed by atoms with van der Waals surface area (Å²) in [7, 11) is 0. The van der Waals surface area contributed by atoms with E-state index in [-0.39, 0.29) is 0 Å². The maximum atomic E-state index is 12.2. The predicted octanol–water partition coefficient (Wildman–Crippen LogP) is 1.86. The van der Waals surface area contributed by atoms with Gasteiger partial charge in [-0.15, -0.1) is 0 Å². The van der Waals surface area contributed by atoms with Crippen molar-refractivity contribution in [1.29, 1.82) is 0 Å². The second-order valence-corrected chi connectivity index (χ2v) is 8.28. The molecule has 0 aliphatic carbocycles. The zero-order chi connectivity index (χ0) is 18.1. The number of aromatic nitrogens is 2. The lowest BCUT2D eigenvalue weighted by atomic mass is 10.0. The van der Waals surface area contributed by atoms with E-state index in [2.05, 4.69) is 38.5 Å². The number of fused-ring (bicyclic) bond motifs is 1. The molecule has 2 unspecified atom stereocenters. The van der Waals surface area contributed by atoms with Crippen LogP contribution in [0.1, 0.15) is 36.9 Å². The third kappa shape index (κ3) is 3.56. The van der Waals surface area contributed by atoms with Gasteiger partial charge < -0.3 is 14.7 Å². The van der Waals surface area contributed by atoms with Crippen LogP contribution in [0.25, 0.3) is 0 Å². The summed E-state index contributed by atoms with van der Waals surface area (Å²) in [5, 5.41) is 0. The number of nitrogens with zero attached hydrogens (tertiary/aromatic N) is 5. The Hall–Kier alpha value is -1.69. The van der Waals surface area contributed by atoms with E-state index in [4.69, 9.17) is 0 Å². The van der Waals surface area contributed by atoms with Crippen molar-refractivity contribution in [2.24, 2.45) is 11.8 Å². The van der Waals surface area contributed by atoms with Gasteiger partial charge in [-0.3, -0.25) is 4.79 Å². The molecule has 3 aliphatic heterocycles. The lowest BCUT2D eigenvalue weighted by Crippen LogP contribution is -2.39. The maximum Gasteiger partial charge on any atom is 0.222 e. The van der Waals surface area contributed by atoms with Crippen LogP contribution in [-0.2, 0) is 4.79 Å². The van der Waals surface area contributed by atoms with E-state index < -0.39 is 0 Å². The van der Waals surface area contributed by atoms with Crippen molar-refractivity contribution in [1.82, 2.24) is 19.8 Å². The van der Waals surface area contributed by atoms with Gasteiger partial charge in [-0.2, -0.15) is 0 Å². The average molecular weight is 358 g/mol. The van der Waals surface area contributed by atoms with E-state index in [1.165, 1.54) is 18.4 Å². The van der Waals surface area contributed by atoms with Crippen molar-refractivity contribution in [3.63, 3.8) is 0 Å². The number of carbonyl (C=O) groups is 1. The first-order valence-corrected chi connectivity index (χ1v) is 10.1. The van der Waals surface area contributed by atoms with Crippen molar-refractivity contribution in [3.05, 3.63) is 17.6 Å². The van der Waals surface area contributed by atoms with Gasteiger partial charge in [-0.1, -0.05) is 6.42 Å². The van der Waals surface area contributed by atoms with E-state index in [0.29, 0.717) is 5.91 Å². The van der Waals surface area contributed by atoms with Gasteiger partial charge in [-0.25, -0.2) is 9.97 Å². The molecule has 0 aromatic carbocycles. The van der Waals surface area contributed by atoms with Crippen LogP contribution in [-0.4, -0.2) is 71.5 Å². The van der Waals surface area contributed by atoms with Crippen LogP contribution >= 0.6 is 0 Å². The summed E-state index contributed by atoms with van der Waals surface area (Å²) in [6, 6.07) is 0. The van der Waals surface area contributed by atoms with Gasteiger partial charge in [0, 0.05) is 63.5 Å². The summed E-state index contributed by atoms with van der Waals surface area (Å²) in [4.78, 5) is 28.1. The van der Waals surface area contributed by atoms with E-state index >= 15 is 0 Å². The molecule has 0 radical (unpaired) electrons. The van der Waals surface area contributed by atoms with Crippen molar-refractivity contribution in [3.8, 4) is 0 Å². The Morgan fingerprint density at radius 1 is 1.00 bits per heavy atom. The van der Waals surface area contributed by atoms with Crippen LogP contribution in [0, 0.1) is 25.7 Å². The molecule has 2 atom stereocenters. The molecule has 26 heavy (non-hydrogen) atoms. The Bertz CT molecular complexity index is 650. The molecule has 1 aromatic rings. The van der Waals surface area contributed by atoms with E-state index in [1.807, 2.05) is 0 Å². The van der Waals surface area contributed by atoms with Crippen molar-refractivity contribution in [2.45, 2.75) is 39.5 Å². The van der Waals surface area contributed by atoms with Crippen LogP contribution in [0.5, 0.6) is 0 Å². The third-order valence-electron chi connectivity index (χ3n) is 6.53. The Kier molecular flexibility index (Phi) is 5.11. The first kappa shape index (κ1) is 17.7. The van der Waals surface area contributed by atoms with Crippen LogP contribution in [0.2, 0.25) is 0 Å². The second kappa shape index (κ2) is 7.51. The Balaban J connectivity index is 1.29. The molecule has 0 saturated carbocycles. The molecule has 142 valence electrons. The Morgan fingerprint density at radius 3 is 2.54 bits per heavy atom. The molecule has 4 rings (SSSR count). The first-order valence-electron chi connectivity index (χ1n) is 10.1. The molecular formula is C20H31N5O. The highest BCUT2D eigenvalue weighted by molar-refractivity contribution is 5.76. The number of carbonyl (C=O) groups excluding carboxylic acids is 1. The first-order chi connectivity index (χ1) is 12.6. The molecule has 4 heterocycles. The van der Waals surface area contributed by atoms with E-state index in [0.717, 1.165) is 82.0 Å². The molecule has 0 bridgehead atoms. The smallest absolute Gasteiger partial charge is 0.222 e. The number of rotatable bonds is 4. The summed E-state index contributed by atoms with van der Waals surface area (Å²) in [5.74, 6) is 2.94. The third-order valence-corrected chi connectivity index (χ3v) is 6.53. The van der Waals surface area contributed by atoms with Gasteiger partial charge >= 0.3 is 0 Å². The molecule has 3 aliphatic rings. The van der Waals surface area contributed by atoms with E-state index in [1.54, 1.807) is 6.33 Å². The Morgan fingerprint density at radius 2 is 1.77 bits per heavy atom. The monoisotopic (exact) mass is 357 g/mol. The van der Waals surface area contributed by atoms with Crippen molar-refractivity contribution >= 4 is 11.7 Å². The van der Waals surface area contributed by atoms with Gasteiger partial charge in [0.2, 0.25) is 5.91 Å². The maximum absolute atomic E-state index is 12.2. The van der Waals surface area contributed by atoms with Crippen LogP contribution in [0.4, 0.5) is 5.82 Å². The average Bonchev–Trinajstić information content (AvgIpc) is 3.10. The summed E-state index contributed by atoms with van der Waals surface area (Å²) >= 11 is 0. The largest absolute Gasteiger partial charge is 0.356 e. The molecule has 6 nitrogen and oxygen atoms in total. The zero-order valence-electron chi connectivity index (χ0n) is 16.2. The lowest BCUT2D eigenvalue weighted by molar-refractivity contribution is -0.130. The highest BCUT2D eigenvalue weighted by Crippen LogP contribution is 2.34. The zero-order valence-corrected chi connectivity index (χ0v) is 16.2. The van der Waals surface area contributed by atoms with Gasteiger partial charge in [0.25, 0.3) is 0 Å². The minimum atomic E-state index is 0.364. The van der Waals surface area contributed by atoms with Crippen LogP contribution < -0.4 is 4.90 Å². The fraction of sp³-hybridized carbons (Fsp3) is 0.750. The number of anilines is 1. The van der Waals surface area contributed by atoms with Gasteiger partial charge in [-0.05, 0) is 38.5 Å². The molecule has 0 spiro atoms. The van der Waals surface area contributed by atoms with Gasteiger partial charge in [0.15, 0.2) is 0 Å². The van der Waals surface area contributed by atoms with Crippen LogP contribution in [0.15, 0.2) is 6.33 Å². The minimum Gasteiger partial charge on any atom is -0.356 e. The van der Waals surface area contributed by atoms with Crippen molar-refractivity contribution in [2.75, 3.05) is 50.7 Å². The van der Waals surface area contributed by atoms with E-state index in [9.17, 15) is 4.79 Å². The molecule has 3 fully saturated rings. The summed E-state index contributed by atoms with van der Waals surface area (Å²) in [6.45, 7) is 11.6. The quantitative estimate of drug-likeness (QED) is 0.823. The topological polar surface area (TPSA) is 52.6 Å². The fourth-order valence-corrected chi connectivity index (χ4v) is 4.83. The fourth-order valence-electron chi connectivity index (χ4n) is 4.83. The minimum absolute atomic E-state index is 0.364. The van der Waals surface area contributed by atoms with Gasteiger partial charge in [0.05, 0.1) is 0 Å².